The van der Waals surface area contributed by atoms with E-state index in [1.54, 1.807) is 22.7 Å². The van der Waals surface area contributed by atoms with Gasteiger partial charge in [0.25, 0.3) is 0 Å². The third-order valence-electron chi connectivity index (χ3n) is 4.29. The number of rotatable bonds is 7. The highest BCUT2D eigenvalue weighted by Crippen LogP contribution is 2.28. The largest absolute Gasteiger partial charge is 0.351 e. The van der Waals surface area contributed by atoms with Crippen molar-refractivity contribution in [2.45, 2.75) is 26.3 Å². The molecule has 4 rings (SSSR count). The topological polar surface area (TPSA) is 59.8 Å². The van der Waals surface area contributed by atoms with Gasteiger partial charge in [0.05, 0.1) is 34.0 Å². The average molecular weight is 409 g/mol. The first kappa shape index (κ1) is 18.6. The predicted octanol–water partition coefficient (Wildman–Crippen LogP) is 4.61. The summed E-state index contributed by atoms with van der Waals surface area (Å²) in [6.07, 6.45) is 4.92. The fourth-order valence-electron chi connectivity index (χ4n) is 2.83. The molecule has 0 atom stereocenters. The van der Waals surface area contributed by atoms with E-state index in [0.717, 1.165) is 31.7 Å². The number of thiophene rings is 1. The minimum Gasteiger partial charge on any atom is -0.351 e. The molecule has 7 heteroatoms. The van der Waals surface area contributed by atoms with Crippen LogP contribution in [0.2, 0.25) is 0 Å². The summed E-state index contributed by atoms with van der Waals surface area (Å²) in [7, 11) is 0. The van der Waals surface area contributed by atoms with E-state index >= 15 is 0 Å². The molecule has 0 unspecified atom stereocenters. The second-order valence-corrected chi connectivity index (χ2v) is 8.65. The van der Waals surface area contributed by atoms with Crippen LogP contribution in [-0.4, -0.2) is 20.7 Å². The van der Waals surface area contributed by atoms with Crippen LogP contribution in [0.5, 0.6) is 0 Å². The molecule has 5 nitrogen and oxygen atoms in total. The van der Waals surface area contributed by atoms with E-state index in [4.69, 9.17) is 0 Å². The number of para-hydroxylation sites is 1. The standard InChI is InChI=1S/C21H20N4OS2/c1-15-24-19(14-27-15)20-9-8-18(28-20)12-22-21(26)10-7-16-11-23-25(13-16)17-5-3-2-4-6-17/h2-6,8-9,11,13-14H,7,10,12H2,1H3,(H,22,26). The van der Waals surface area contributed by atoms with Crippen molar-refractivity contribution in [3.05, 3.63) is 75.7 Å². The Bertz CT molecular complexity index is 1060. The Labute approximate surface area is 171 Å². The Hall–Kier alpha value is -2.77. The minimum atomic E-state index is 0.0481. The lowest BCUT2D eigenvalue weighted by Crippen LogP contribution is -2.22. The molecule has 28 heavy (non-hydrogen) atoms. The highest BCUT2D eigenvalue weighted by Gasteiger charge is 2.08. The quantitative estimate of drug-likeness (QED) is 0.486. The van der Waals surface area contributed by atoms with Gasteiger partial charge in [-0.15, -0.1) is 22.7 Å². The number of nitrogens with zero attached hydrogens (tertiary/aromatic N) is 3. The van der Waals surface area contributed by atoms with E-state index in [1.165, 1.54) is 0 Å². The van der Waals surface area contributed by atoms with Gasteiger partial charge in [0.15, 0.2) is 0 Å². The molecule has 0 saturated carbocycles. The molecule has 0 aliphatic heterocycles. The Morgan fingerprint density at radius 3 is 2.82 bits per heavy atom. The molecule has 0 aliphatic rings. The molecule has 0 bridgehead atoms. The fourth-order valence-corrected chi connectivity index (χ4v) is 4.43. The first-order valence-corrected chi connectivity index (χ1v) is 10.7. The van der Waals surface area contributed by atoms with Crippen LogP contribution in [0.3, 0.4) is 0 Å². The highest BCUT2D eigenvalue weighted by molar-refractivity contribution is 7.16. The summed E-state index contributed by atoms with van der Waals surface area (Å²) < 4.78 is 1.83. The van der Waals surface area contributed by atoms with Gasteiger partial charge in [-0.3, -0.25) is 4.79 Å². The Morgan fingerprint density at radius 2 is 2.04 bits per heavy atom. The maximum absolute atomic E-state index is 12.2. The molecule has 1 aromatic carbocycles. The molecular weight excluding hydrogens is 388 g/mol. The molecule has 0 spiro atoms. The van der Waals surface area contributed by atoms with Crippen LogP contribution in [-0.2, 0) is 17.8 Å². The maximum atomic E-state index is 12.2. The predicted molar refractivity (Wildman–Crippen MR) is 114 cm³/mol. The summed E-state index contributed by atoms with van der Waals surface area (Å²) in [6.45, 7) is 2.56. The normalized spacial score (nSPS) is 10.9. The van der Waals surface area contributed by atoms with Crippen LogP contribution < -0.4 is 5.32 Å². The van der Waals surface area contributed by atoms with E-state index in [0.29, 0.717) is 19.4 Å². The number of carbonyl (C=O) groups is 1. The van der Waals surface area contributed by atoms with Crippen LogP contribution in [0.25, 0.3) is 16.3 Å². The van der Waals surface area contributed by atoms with Crippen LogP contribution in [0.1, 0.15) is 21.9 Å². The van der Waals surface area contributed by atoms with E-state index in [9.17, 15) is 4.79 Å². The van der Waals surface area contributed by atoms with Gasteiger partial charge in [-0.1, -0.05) is 18.2 Å². The third kappa shape index (κ3) is 4.55. The molecule has 142 valence electrons. The zero-order valence-corrected chi connectivity index (χ0v) is 17.1. The first-order chi connectivity index (χ1) is 13.7. The van der Waals surface area contributed by atoms with Gasteiger partial charge in [-0.25, -0.2) is 9.67 Å². The summed E-state index contributed by atoms with van der Waals surface area (Å²) in [5.74, 6) is 0.0481. The molecule has 0 aliphatic carbocycles. The smallest absolute Gasteiger partial charge is 0.220 e. The first-order valence-electron chi connectivity index (χ1n) is 9.04. The van der Waals surface area contributed by atoms with Crippen LogP contribution in [0, 0.1) is 6.92 Å². The number of hydrogen-bond donors (Lipinski definition) is 1. The van der Waals surface area contributed by atoms with E-state index < -0.39 is 0 Å². The summed E-state index contributed by atoms with van der Waals surface area (Å²) in [5.41, 5.74) is 3.08. The summed E-state index contributed by atoms with van der Waals surface area (Å²) in [6, 6.07) is 14.1. The monoisotopic (exact) mass is 408 g/mol. The number of benzene rings is 1. The molecule has 1 N–H and O–H groups in total. The number of thiazole rings is 1. The number of aryl methyl sites for hydroxylation is 2. The van der Waals surface area contributed by atoms with E-state index in [2.05, 4.69) is 32.9 Å². The summed E-state index contributed by atoms with van der Waals surface area (Å²) in [5, 5.41) is 10.5. The van der Waals surface area contributed by atoms with Crippen LogP contribution >= 0.6 is 22.7 Å². The summed E-state index contributed by atoms with van der Waals surface area (Å²) in [4.78, 5) is 19.0. The SMILES string of the molecule is Cc1nc(-c2ccc(CNC(=O)CCc3cnn(-c4ccccc4)c3)s2)cs1. The molecule has 0 fully saturated rings. The van der Waals surface area contributed by atoms with Gasteiger partial charge in [-0.2, -0.15) is 5.10 Å². The van der Waals surface area contributed by atoms with Crippen molar-refractivity contribution in [2.24, 2.45) is 0 Å². The van der Waals surface area contributed by atoms with Gasteiger partial charge in [0.2, 0.25) is 5.91 Å². The number of hydrogen-bond acceptors (Lipinski definition) is 5. The van der Waals surface area contributed by atoms with Crippen molar-refractivity contribution in [2.75, 3.05) is 0 Å². The lowest BCUT2D eigenvalue weighted by atomic mass is 10.2. The zero-order chi connectivity index (χ0) is 19.3. The number of carbonyl (C=O) groups excluding carboxylic acids is 1. The Kier molecular flexibility index (Phi) is 5.64. The van der Waals surface area contributed by atoms with Crippen molar-refractivity contribution >= 4 is 28.6 Å². The van der Waals surface area contributed by atoms with E-state index in [-0.39, 0.29) is 5.91 Å². The molecule has 3 aromatic heterocycles. The molecule has 0 radical (unpaired) electrons. The van der Waals surface area contributed by atoms with Crippen molar-refractivity contribution in [1.29, 1.82) is 0 Å². The van der Waals surface area contributed by atoms with Crippen molar-refractivity contribution < 1.29 is 4.79 Å². The second-order valence-electron chi connectivity index (χ2n) is 6.42. The van der Waals surface area contributed by atoms with Gasteiger partial charge in [0.1, 0.15) is 0 Å². The number of nitrogens with one attached hydrogen (secondary N) is 1. The van der Waals surface area contributed by atoms with Crippen LogP contribution in [0.4, 0.5) is 0 Å². The van der Waals surface area contributed by atoms with Crippen LogP contribution in [0.15, 0.2) is 60.2 Å². The molecule has 0 saturated heterocycles. The lowest BCUT2D eigenvalue weighted by Gasteiger charge is -2.03. The number of aromatic nitrogens is 3. The second kappa shape index (κ2) is 8.50. The van der Waals surface area contributed by atoms with Gasteiger partial charge >= 0.3 is 0 Å². The molecule has 3 heterocycles. The minimum absolute atomic E-state index is 0.0481. The van der Waals surface area contributed by atoms with Gasteiger partial charge in [-0.05, 0) is 43.2 Å². The molecule has 1 amide bonds. The van der Waals surface area contributed by atoms with Gasteiger partial charge < -0.3 is 5.32 Å². The van der Waals surface area contributed by atoms with Crippen molar-refractivity contribution in [3.63, 3.8) is 0 Å². The highest BCUT2D eigenvalue weighted by atomic mass is 32.1. The summed E-state index contributed by atoms with van der Waals surface area (Å²) >= 11 is 3.32. The van der Waals surface area contributed by atoms with Crippen molar-refractivity contribution in [1.82, 2.24) is 20.1 Å². The zero-order valence-electron chi connectivity index (χ0n) is 15.5. The average Bonchev–Trinajstić information content (AvgIpc) is 3.46. The third-order valence-corrected chi connectivity index (χ3v) is 6.17. The van der Waals surface area contributed by atoms with Gasteiger partial charge in [0, 0.05) is 22.9 Å². The maximum Gasteiger partial charge on any atom is 0.220 e. The van der Waals surface area contributed by atoms with E-state index in [1.807, 2.05) is 54.3 Å². The Balaban J connectivity index is 1.26. The Morgan fingerprint density at radius 1 is 1.18 bits per heavy atom. The molecular formula is C21H20N4OS2. The molecule has 4 aromatic rings. The number of amides is 1. The van der Waals surface area contributed by atoms with Crippen molar-refractivity contribution in [3.8, 4) is 16.3 Å². The lowest BCUT2D eigenvalue weighted by molar-refractivity contribution is -0.121. The fraction of sp³-hybridized carbons (Fsp3) is 0.190.